The minimum absolute atomic E-state index is 0.531. The van der Waals surface area contributed by atoms with Crippen LogP contribution in [0.5, 0.6) is 0 Å². The standard InChI is InChI=1S/C23H21N5O/c1-4-16-6-5-7-17(13-16)26-22-21-19(14-25-23(28-21)24-10-11-29-3)18-9-8-15(2)12-20(18)27-22/h1,5-9,12-14H,10-11H2,2-3H3,(H,26,27)(H,24,25,28). The molecule has 0 bridgehead atoms. The molecule has 4 rings (SSSR count). The van der Waals surface area contributed by atoms with E-state index in [1.165, 1.54) is 0 Å². The van der Waals surface area contributed by atoms with Gasteiger partial charge in [0.15, 0.2) is 5.82 Å². The zero-order chi connectivity index (χ0) is 20.2. The van der Waals surface area contributed by atoms with Crippen LogP contribution in [-0.4, -0.2) is 35.2 Å². The second-order valence-corrected chi connectivity index (χ2v) is 6.71. The number of benzene rings is 2. The molecular formula is C23H21N5O. The third kappa shape index (κ3) is 3.96. The van der Waals surface area contributed by atoms with Crippen molar-refractivity contribution in [1.82, 2.24) is 15.0 Å². The highest BCUT2D eigenvalue weighted by molar-refractivity contribution is 6.08. The Balaban J connectivity index is 1.85. The molecule has 0 aliphatic rings. The van der Waals surface area contributed by atoms with Crippen molar-refractivity contribution in [2.75, 3.05) is 30.9 Å². The minimum Gasteiger partial charge on any atom is -0.383 e. The molecule has 2 N–H and O–H groups in total. The lowest BCUT2D eigenvalue weighted by atomic mass is 10.1. The van der Waals surface area contributed by atoms with Gasteiger partial charge in [0.1, 0.15) is 5.52 Å². The zero-order valence-corrected chi connectivity index (χ0v) is 16.4. The van der Waals surface area contributed by atoms with Crippen LogP contribution in [0.15, 0.2) is 48.7 Å². The van der Waals surface area contributed by atoms with Crippen LogP contribution in [0.3, 0.4) is 0 Å². The van der Waals surface area contributed by atoms with E-state index in [4.69, 9.17) is 21.1 Å². The van der Waals surface area contributed by atoms with Gasteiger partial charge in [0.2, 0.25) is 5.95 Å². The van der Waals surface area contributed by atoms with Gasteiger partial charge >= 0.3 is 0 Å². The Morgan fingerprint density at radius 2 is 2.00 bits per heavy atom. The molecule has 0 unspecified atom stereocenters. The third-order valence-electron chi connectivity index (χ3n) is 4.57. The monoisotopic (exact) mass is 383 g/mol. The summed E-state index contributed by atoms with van der Waals surface area (Å²) in [7, 11) is 1.66. The Hall–Kier alpha value is -3.69. The van der Waals surface area contributed by atoms with E-state index in [9.17, 15) is 0 Å². The van der Waals surface area contributed by atoms with Crippen molar-refractivity contribution < 1.29 is 4.74 Å². The van der Waals surface area contributed by atoms with E-state index < -0.39 is 0 Å². The summed E-state index contributed by atoms with van der Waals surface area (Å²) in [5, 5.41) is 8.50. The molecule has 0 atom stereocenters. The lowest BCUT2D eigenvalue weighted by Gasteiger charge is -2.13. The van der Waals surface area contributed by atoms with E-state index in [2.05, 4.69) is 39.7 Å². The highest BCUT2D eigenvalue weighted by atomic mass is 16.5. The normalized spacial score (nSPS) is 10.8. The smallest absolute Gasteiger partial charge is 0.223 e. The second-order valence-electron chi connectivity index (χ2n) is 6.71. The summed E-state index contributed by atoms with van der Waals surface area (Å²) in [5.74, 6) is 3.85. The van der Waals surface area contributed by atoms with Crippen molar-refractivity contribution in [3.8, 4) is 12.3 Å². The molecule has 6 heteroatoms. The number of methoxy groups -OCH3 is 1. The number of nitrogens with one attached hydrogen (secondary N) is 2. The topological polar surface area (TPSA) is 72.0 Å². The molecule has 0 amide bonds. The number of aryl methyl sites for hydroxylation is 1. The lowest BCUT2D eigenvalue weighted by Crippen LogP contribution is -2.10. The molecule has 4 aromatic rings. The first kappa shape index (κ1) is 18.7. The largest absolute Gasteiger partial charge is 0.383 e. The van der Waals surface area contributed by atoms with E-state index in [0.717, 1.165) is 38.6 Å². The van der Waals surface area contributed by atoms with Crippen LogP contribution in [0.25, 0.3) is 21.8 Å². The molecule has 2 aromatic heterocycles. The van der Waals surface area contributed by atoms with Crippen molar-refractivity contribution >= 4 is 39.3 Å². The van der Waals surface area contributed by atoms with Crippen LogP contribution in [0.2, 0.25) is 0 Å². The van der Waals surface area contributed by atoms with E-state index in [1.807, 2.05) is 37.4 Å². The van der Waals surface area contributed by atoms with Gasteiger partial charge in [-0.2, -0.15) is 0 Å². The van der Waals surface area contributed by atoms with Crippen molar-refractivity contribution in [1.29, 1.82) is 0 Å². The maximum Gasteiger partial charge on any atom is 0.223 e. The average Bonchev–Trinajstić information content (AvgIpc) is 2.74. The lowest BCUT2D eigenvalue weighted by molar-refractivity contribution is 0.210. The predicted molar refractivity (Wildman–Crippen MR) is 118 cm³/mol. The molecule has 0 spiro atoms. The van der Waals surface area contributed by atoms with Crippen LogP contribution < -0.4 is 10.6 Å². The van der Waals surface area contributed by atoms with Crippen molar-refractivity contribution in [3.63, 3.8) is 0 Å². The summed E-state index contributed by atoms with van der Waals surface area (Å²) in [5.41, 5.74) is 4.42. The number of hydrogen-bond acceptors (Lipinski definition) is 6. The molecule has 0 radical (unpaired) electrons. The van der Waals surface area contributed by atoms with Crippen LogP contribution in [0.4, 0.5) is 17.5 Å². The summed E-state index contributed by atoms with van der Waals surface area (Å²) < 4.78 is 5.09. The van der Waals surface area contributed by atoms with E-state index in [-0.39, 0.29) is 0 Å². The molecule has 0 saturated carbocycles. The first-order valence-corrected chi connectivity index (χ1v) is 9.31. The number of ether oxygens (including phenoxy) is 1. The highest BCUT2D eigenvalue weighted by Crippen LogP contribution is 2.30. The summed E-state index contributed by atoms with van der Waals surface area (Å²) >= 11 is 0. The number of fused-ring (bicyclic) bond motifs is 3. The summed E-state index contributed by atoms with van der Waals surface area (Å²) in [6, 6.07) is 13.9. The summed E-state index contributed by atoms with van der Waals surface area (Å²) in [6.45, 7) is 3.24. The number of pyridine rings is 1. The summed E-state index contributed by atoms with van der Waals surface area (Å²) in [6.07, 6.45) is 7.37. The van der Waals surface area contributed by atoms with Crippen molar-refractivity contribution in [2.24, 2.45) is 0 Å². The van der Waals surface area contributed by atoms with Crippen molar-refractivity contribution in [3.05, 3.63) is 59.8 Å². The Kier molecular flexibility index (Phi) is 5.23. The average molecular weight is 383 g/mol. The molecule has 144 valence electrons. The Labute approximate surface area is 169 Å². The molecule has 0 saturated heterocycles. The molecule has 0 aliphatic heterocycles. The van der Waals surface area contributed by atoms with E-state index >= 15 is 0 Å². The molecular weight excluding hydrogens is 362 g/mol. The van der Waals surface area contributed by atoms with Gasteiger partial charge in [0.25, 0.3) is 0 Å². The number of nitrogens with zero attached hydrogens (tertiary/aromatic N) is 3. The maximum atomic E-state index is 5.54. The minimum atomic E-state index is 0.531. The Morgan fingerprint density at radius 3 is 2.83 bits per heavy atom. The Bertz CT molecular complexity index is 1230. The van der Waals surface area contributed by atoms with Gasteiger partial charge in [-0.3, -0.25) is 0 Å². The van der Waals surface area contributed by atoms with Gasteiger partial charge in [0.05, 0.1) is 12.1 Å². The van der Waals surface area contributed by atoms with Crippen LogP contribution in [0.1, 0.15) is 11.1 Å². The fraction of sp³-hybridized carbons (Fsp3) is 0.174. The first-order valence-electron chi connectivity index (χ1n) is 9.31. The fourth-order valence-corrected chi connectivity index (χ4v) is 3.16. The molecule has 0 fully saturated rings. The van der Waals surface area contributed by atoms with Gasteiger partial charge in [0, 0.05) is 41.9 Å². The van der Waals surface area contributed by atoms with Crippen LogP contribution >= 0.6 is 0 Å². The number of hydrogen-bond donors (Lipinski definition) is 2. The van der Waals surface area contributed by atoms with Gasteiger partial charge < -0.3 is 15.4 Å². The van der Waals surface area contributed by atoms with Gasteiger partial charge in [-0.15, -0.1) is 6.42 Å². The highest BCUT2D eigenvalue weighted by Gasteiger charge is 2.12. The first-order chi connectivity index (χ1) is 14.2. The quantitative estimate of drug-likeness (QED) is 0.294. The van der Waals surface area contributed by atoms with E-state index in [1.54, 1.807) is 7.11 Å². The molecule has 29 heavy (non-hydrogen) atoms. The molecule has 0 aliphatic carbocycles. The van der Waals surface area contributed by atoms with Crippen LogP contribution in [-0.2, 0) is 4.74 Å². The summed E-state index contributed by atoms with van der Waals surface area (Å²) in [4.78, 5) is 14.0. The molecule has 6 nitrogen and oxygen atoms in total. The number of anilines is 3. The molecule has 2 heterocycles. The van der Waals surface area contributed by atoms with Gasteiger partial charge in [-0.1, -0.05) is 24.1 Å². The predicted octanol–water partition coefficient (Wildman–Crippen LogP) is 4.27. The number of terminal acetylenes is 1. The Morgan fingerprint density at radius 1 is 1.10 bits per heavy atom. The number of aromatic nitrogens is 3. The van der Waals surface area contributed by atoms with Crippen molar-refractivity contribution in [2.45, 2.75) is 6.92 Å². The maximum absolute atomic E-state index is 5.54. The van der Waals surface area contributed by atoms with E-state index in [0.29, 0.717) is 24.9 Å². The SMILES string of the molecule is C#Cc1cccc(Nc2nc3cc(C)ccc3c3cnc(NCCOC)nc23)c1. The van der Waals surface area contributed by atoms with Crippen LogP contribution in [0, 0.1) is 19.3 Å². The molecule has 2 aromatic carbocycles. The van der Waals surface area contributed by atoms with Gasteiger partial charge in [-0.05, 0) is 36.8 Å². The fourth-order valence-electron chi connectivity index (χ4n) is 3.16. The second kappa shape index (κ2) is 8.13. The number of rotatable bonds is 6. The van der Waals surface area contributed by atoms with Gasteiger partial charge in [-0.25, -0.2) is 15.0 Å². The third-order valence-corrected chi connectivity index (χ3v) is 4.57. The zero-order valence-electron chi connectivity index (χ0n) is 16.4.